The van der Waals surface area contributed by atoms with Crippen molar-refractivity contribution in [1.29, 1.82) is 0 Å². The van der Waals surface area contributed by atoms with Gasteiger partial charge in [-0.05, 0) is 30.5 Å². The van der Waals surface area contributed by atoms with E-state index in [2.05, 4.69) is 0 Å². The summed E-state index contributed by atoms with van der Waals surface area (Å²) < 4.78 is 23.8. The van der Waals surface area contributed by atoms with E-state index < -0.39 is 5.41 Å². The molecule has 114 valence electrons. The highest BCUT2D eigenvalue weighted by molar-refractivity contribution is 5.27. The van der Waals surface area contributed by atoms with Crippen molar-refractivity contribution in [1.82, 2.24) is 0 Å². The van der Waals surface area contributed by atoms with Gasteiger partial charge in [0.15, 0.2) is 0 Å². The van der Waals surface area contributed by atoms with Gasteiger partial charge in [-0.15, -0.1) is 0 Å². The molecule has 1 aromatic rings. The minimum absolute atomic E-state index is 0.131. The van der Waals surface area contributed by atoms with E-state index in [9.17, 15) is 9.50 Å². The first-order chi connectivity index (χ1) is 9.68. The second-order valence-corrected chi connectivity index (χ2v) is 4.86. The Balaban J connectivity index is 2.58. The second kappa shape index (κ2) is 9.02. The van der Waals surface area contributed by atoms with Crippen LogP contribution >= 0.6 is 0 Å². The Labute approximate surface area is 119 Å². The number of aliphatic hydroxyl groups excluding tert-OH is 1. The Morgan fingerprint density at radius 1 is 1.30 bits per heavy atom. The van der Waals surface area contributed by atoms with Gasteiger partial charge in [-0.3, -0.25) is 0 Å². The van der Waals surface area contributed by atoms with E-state index in [-0.39, 0.29) is 19.0 Å². The molecule has 0 saturated carbocycles. The first kappa shape index (κ1) is 17.0. The van der Waals surface area contributed by atoms with Crippen molar-refractivity contribution < 1.29 is 19.0 Å². The van der Waals surface area contributed by atoms with Crippen LogP contribution in [0.5, 0.6) is 0 Å². The lowest BCUT2D eigenvalue weighted by atomic mass is 9.78. The normalized spacial score (nSPS) is 14.2. The van der Waals surface area contributed by atoms with Gasteiger partial charge in [-0.1, -0.05) is 12.1 Å². The predicted octanol–water partition coefficient (Wildman–Crippen LogP) is 1.46. The zero-order valence-electron chi connectivity index (χ0n) is 12.0. The van der Waals surface area contributed by atoms with Crippen molar-refractivity contribution in [3.8, 4) is 0 Å². The third-order valence-electron chi connectivity index (χ3n) is 3.49. The molecule has 0 radical (unpaired) electrons. The molecule has 0 aliphatic heterocycles. The summed E-state index contributed by atoms with van der Waals surface area (Å²) in [6.07, 6.45) is 1.38. The maximum absolute atomic E-state index is 13.3. The van der Waals surface area contributed by atoms with Crippen LogP contribution in [0, 0.1) is 5.82 Å². The lowest BCUT2D eigenvalue weighted by Crippen LogP contribution is -2.40. The van der Waals surface area contributed by atoms with Crippen molar-refractivity contribution in [2.24, 2.45) is 5.73 Å². The Morgan fingerprint density at radius 3 is 2.70 bits per heavy atom. The van der Waals surface area contributed by atoms with Gasteiger partial charge in [0, 0.05) is 38.9 Å². The Bertz CT molecular complexity index is 383. The van der Waals surface area contributed by atoms with E-state index >= 15 is 0 Å². The van der Waals surface area contributed by atoms with Gasteiger partial charge in [0.05, 0.1) is 6.61 Å². The van der Waals surface area contributed by atoms with Gasteiger partial charge in [0.1, 0.15) is 5.82 Å². The fraction of sp³-hybridized carbons (Fsp3) is 0.600. The van der Waals surface area contributed by atoms with E-state index in [1.807, 2.05) is 0 Å². The van der Waals surface area contributed by atoms with E-state index in [0.29, 0.717) is 31.8 Å². The molecule has 0 bridgehead atoms. The average Bonchev–Trinajstić information content (AvgIpc) is 2.47. The number of nitrogens with two attached hydrogens (primary N) is 1. The minimum atomic E-state index is -0.649. The fourth-order valence-electron chi connectivity index (χ4n) is 2.09. The van der Waals surface area contributed by atoms with E-state index in [4.69, 9.17) is 15.2 Å². The van der Waals surface area contributed by atoms with Gasteiger partial charge in [-0.2, -0.15) is 0 Å². The van der Waals surface area contributed by atoms with Crippen LogP contribution in [0.2, 0.25) is 0 Å². The van der Waals surface area contributed by atoms with Crippen LogP contribution in [0.3, 0.4) is 0 Å². The van der Waals surface area contributed by atoms with Gasteiger partial charge in [0.25, 0.3) is 0 Å². The molecule has 0 aliphatic rings. The predicted molar refractivity (Wildman–Crippen MR) is 76.1 cm³/mol. The van der Waals surface area contributed by atoms with Crippen LogP contribution < -0.4 is 5.73 Å². The third-order valence-corrected chi connectivity index (χ3v) is 3.49. The van der Waals surface area contributed by atoms with Crippen LogP contribution in [0.1, 0.15) is 18.4 Å². The van der Waals surface area contributed by atoms with Crippen molar-refractivity contribution in [2.45, 2.75) is 18.3 Å². The number of aliphatic hydroxyl groups is 1. The number of rotatable bonds is 10. The summed E-state index contributed by atoms with van der Waals surface area (Å²) in [5.74, 6) is -0.324. The second-order valence-electron chi connectivity index (χ2n) is 4.86. The summed E-state index contributed by atoms with van der Waals surface area (Å²) in [6, 6.07) is 6.22. The zero-order chi connectivity index (χ0) is 14.8. The molecule has 1 rings (SSSR count). The fourth-order valence-corrected chi connectivity index (χ4v) is 2.09. The number of hydrogen-bond donors (Lipinski definition) is 2. The van der Waals surface area contributed by atoms with Crippen molar-refractivity contribution in [2.75, 3.05) is 40.1 Å². The van der Waals surface area contributed by atoms with Crippen LogP contribution in [0.25, 0.3) is 0 Å². The van der Waals surface area contributed by atoms with Crippen molar-refractivity contribution in [3.05, 3.63) is 35.6 Å². The van der Waals surface area contributed by atoms with Crippen LogP contribution in [0.4, 0.5) is 4.39 Å². The highest BCUT2D eigenvalue weighted by Gasteiger charge is 2.30. The van der Waals surface area contributed by atoms with Gasteiger partial charge >= 0.3 is 0 Å². The van der Waals surface area contributed by atoms with Crippen LogP contribution in [0.15, 0.2) is 24.3 Å². The van der Waals surface area contributed by atoms with Gasteiger partial charge < -0.3 is 20.3 Å². The molecule has 1 aromatic carbocycles. The van der Waals surface area contributed by atoms with E-state index in [1.54, 1.807) is 19.2 Å². The Hall–Kier alpha value is -1.01. The van der Waals surface area contributed by atoms with E-state index in [0.717, 1.165) is 6.42 Å². The minimum Gasteiger partial charge on any atom is -0.395 e. The summed E-state index contributed by atoms with van der Waals surface area (Å²) in [5.41, 5.74) is 5.87. The molecular formula is C15H24FNO3. The Morgan fingerprint density at radius 2 is 2.10 bits per heavy atom. The molecule has 0 fully saturated rings. The van der Waals surface area contributed by atoms with Crippen LogP contribution in [-0.2, 0) is 14.9 Å². The topological polar surface area (TPSA) is 64.7 Å². The van der Waals surface area contributed by atoms with E-state index in [1.165, 1.54) is 12.1 Å². The number of ether oxygens (including phenoxy) is 2. The number of hydrogen-bond acceptors (Lipinski definition) is 4. The average molecular weight is 285 g/mol. The highest BCUT2D eigenvalue weighted by atomic mass is 19.1. The maximum Gasteiger partial charge on any atom is 0.123 e. The molecule has 4 nitrogen and oxygen atoms in total. The molecule has 3 N–H and O–H groups in total. The van der Waals surface area contributed by atoms with Crippen molar-refractivity contribution in [3.63, 3.8) is 0 Å². The molecule has 0 aliphatic carbocycles. The molecule has 1 atom stereocenters. The molecule has 0 amide bonds. The highest BCUT2D eigenvalue weighted by Crippen LogP contribution is 2.27. The smallest absolute Gasteiger partial charge is 0.123 e. The molecule has 1 unspecified atom stereocenters. The SMILES string of the molecule is COCCCOCCC(CN)(CO)c1cccc(F)c1. The maximum atomic E-state index is 13.3. The summed E-state index contributed by atoms with van der Waals surface area (Å²) >= 11 is 0. The molecule has 0 spiro atoms. The first-order valence-electron chi connectivity index (χ1n) is 6.82. The Kier molecular flexibility index (Phi) is 7.69. The van der Waals surface area contributed by atoms with Gasteiger partial charge in [0.2, 0.25) is 0 Å². The number of methoxy groups -OCH3 is 1. The first-order valence-corrected chi connectivity index (χ1v) is 6.82. The molecule has 0 saturated heterocycles. The lowest BCUT2D eigenvalue weighted by molar-refractivity contribution is 0.0782. The molecule has 0 aromatic heterocycles. The largest absolute Gasteiger partial charge is 0.395 e. The number of halogens is 1. The third kappa shape index (κ3) is 4.83. The molecular weight excluding hydrogens is 261 g/mol. The summed E-state index contributed by atoms with van der Waals surface area (Å²) in [7, 11) is 1.65. The van der Waals surface area contributed by atoms with Crippen molar-refractivity contribution >= 4 is 0 Å². The molecule has 5 heteroatoms. The number of benzene rings is 1. The lowest BCUT2D eigenvalue weighted by Gasteiger charge is -2.31. The zero-order valence-corrected chi connectivity index (χ0v) is 12.0. The quantitative estimate of drug-likeness (QED) is 0.639. The molecule has 0 heterocycles. The standard InChI is InChI=1S/C15H24FNO3/c1-19-7-3-8-20-9-6-15(11-17,12-18)13-4-2-5-14(16)10-13/h2,4-5,10,18H,3,6-9,11-12,17H2,1H3. The summed E-state index contributed by atoms with van der Waals surface area (Å²) in [5, 5.41) is 9.68. The summed E-state index contributed by atoms with van der Waals surface area (Å²) in [6.45, 7) is 1.84. The summed E-state index contributed by atoms with van der Waals surface area (Å²) in [4.78, 5) is 0. The van der Waals surface area contributed by atoms with Gasteiger partial charge in [-0.25, -0.2) is 4.39 Å². The monoisotopic (exact) mass is 285 g/mol. The van der Waals surface area contributed by atoms with Crippen LogP contribution in [-0.4, -0.2) is 45.2 Å². The molecule has 20 heavy (non-hydrogen) atoms.